The summed E-state index contributed by atoms with van der Waals surface area (Å²) in [5.41, 5.74) is 0.761. The van der Waals surface area contributed by atoms with Gasteiger partial charge in [0.15, 0.2) is 5.78 Å². The number of nitrogens with zero attached hydrogens (tertiary/aromatic N) is 1. The van der Waals surface area contributed by atoms with Crippen LogP contribution in [-0.2, 0) is 0 Å². The molecule has 0 amide bonds. The standard InChI is InChI=1S/C12H16BrNO/c1-9(2)14(3)8-12(15)10-5-4-6-11(13)7-10/h4-7,9H,8H2,1-3H3. The second-order valence-electron chi connectivity index (χ2n) is 3.94. The van der Waals surface area contributed by atoms with Gasteiger partial charge in [-0.05, 0) is 33.0 Å². The fraction of sp³-hybridized carbons (Fsp3) is 0.417. The van der Waals surface area contributed by atoms with Gasteiger partial charge < -0.3 is 0 Å². The fourth-order valence-electron chi connectivity index (χ4n) is 1.16. The quantitative estimate of drug-likeness (QED) is 0.784. The molecule has 0 N–H and O–H groups in total. The summed E-state index contributed by atoms with van der Waals surface area (Å²) in [4.78, 5) is 13.9. The average molecular weight is 270 g/mol. The molecule has 1 rings (SSSR count). The number of benzene rings is 1. The SMILES string of the molecule is CC(C)N(C)CC(=O)c1cccc(Br)c1. The maximum Gasteiger partial charge on any atom is 0.176 e. The topological polar surface area (TPSA) is 20.3 Å². The first-order chi connectivity index (χ1) is 7.00. The van der Waals surface area contributed by atoms with Gasteiger partial charge in [-0.2, -0.15) is 0 Å². The van der Waals surface area contributed by atoms with E-state index in [-0.39, 0.29) is 5.78 Å². The number of carbonyl (C=O) groups excluding carboxylic acids is 1. The predicted molar refractivity (Wildman–Crippen MR) is 66.2 cm³/mol. The molecule has 0 aromatic heterocycles. The van der Waals surface area contributed by atoms with Crippen LogP contribution in [0.5, 0.6) is 0 Å². The van der Waals surface area contributed by atoms with E-state index in [1.165, 1.54) is 0 Å². The molecule has 0 atom stereocenters. The second kappa shape index (κ2) is 5.42. The van der Waals surface area contributed by atoms with Gasteiger partial charge in [-0.25, -0.2) is 0 Å². The van der Waals surface area contributed by atoms with Crippen molar-refractivity contribution in [1.29, 1.82) is 0 Å². The average Bonchev–Trinajstić information content (AvgIpc) is 2.17. The van der Waals surface area contributed by atoms with Crippen LogP contribution in [0.2, 0.25) is 0 Å². The summed E-state index contributed by atoms with van der Waals surface area (Å²) < 4.78 is 0.945. The zero-order valence-electron chi connectivity index (χ0n) is 9.33. The Morgan fingerprint density at radius 1 is 1.47 bits per heavy atom. The van der Waals surface area contributed by atoms with Gasteiger partial charge in [0.05, 0.1) is 6.54 Å². The summed E-state index contributed by atoms with van der Waals surface area (Å²) in [5.74, 6) is 0.160. The van der Waals surface area contributed by atoms with Crippen LogP contribution in [-0.4, -0.2) is 30.3 Å². The van der Waals surface area contributed by atoms with Crippen LogP contribution in [0, 0.1) is 0 Å². The number of hydrogen-bond acceptors (Lipinski definition) is 2. The Kier molecular flexibility index (Phi) is 4.48. The second-order valence-corrected chi connectivity index (χ2v) is 4.86. The van der Waals surface area contributed by atoms with E-state index in [1.807, 2.05) is 36.2 Å². The molecule has 0 spiro atoms. The lowest BCUT2D eigenvalue weighted by molar-refractivity contribution is 0.0929. The van der Waals surface area contributed by atoms with Crippen LogP contribution in [0.3, 0.4) is 0 Å². The number of hydrogen-bond donors (Lipinski definition) is 0. The molecule has 15 heavy (non-hydrogen) atoms. The van der Waals surface area contributed by atoms with Crippen LogP contribution in [0.15, 0.2) is 28.7 Å². The lowest BCUT2D eigenvalue weighted by Gasteiger charge is -2.19. The fourth-order valence-corrected chi connectivity index (χ4v) is 1.56. The summed E-state index contributed by atoms with van der Waals surface area (Å²) >= 11 is 3.36. The molecule has 1 aromatic rings. The van der Waals surface area contributed by atoms with Crippen molar-refractivity contribution in [3.05, 3.63) is 34.3 Å². The van der Waals surface area contributed by atoms with Gasteiger partial charge in [-0.1, -0.05) is 28.1 Å². The molecule has 0 aliphatic rings. The Morgan fingerprint density at radius 3 is 2.67 bits per heavy atom. The van der Waals surface area contributed by atoms with Gasteiger partial charge in [0.1, 0.15) is 0 Å². The number of halogens is 1. The highest BCUT2D eigenvalue weighted by molar-refractivity contribution is 9.10. The molecule has 0 unspecified atom stereocenters. The van der Waals surface area contributed by atoms with Crippen molar-refractivity contribution in [2.24, 2.45) is 0 Å². The summed E-state index contributed by atoms with van der Waals surface area (Å²) in [7, 11) is 1.96. The minimum Gasteiger partial charge on any atom is -0.296 e. The molecule has 82 valence electrons. The first-order valence-electron chi connectivity index (χ1n) is 4.99. The highest BCUT2D eigenvalue weighted by Crippen LogP contribution is 2.12. The number of Topliss-reactive ketones (excluding diaryl/α,β-unsaturated/α-hetero) is 1. The highest BCUT2D eigenvalue weighted by atomic mass is 79.9. The smallest absolute Gasteiger partial charge is 0.176 e. The van der Waals surface area contributed by atoms with E-state index in [0.717, 1.165) is 10.0 Å². The van der Waals surface area contributed by atoms with Crippen molar-refractivity contribution in [3.63, 3.8) is 0 Å². The molecule has 1 aromatic carbocycles. The number of likely N-dealkylation sites (N-methyl/N-ethyl adjacent to an activating group) is 1. The maximum atomic E-state index is 11.8. The lowest BCUT2D eigenvalue weighted by atomic mass is 10.1. The normalized spacial score (nSPS) is 11.1. The van der Waals surface area contributed by atoms with E-state index in [4.69, 9.17) is 0 Å². The molecule has 0 saturated carbocycles. The summed E-state index contributed by atoms with van der Waals surface area (Å²) in [6, 6.07) is 7.90. The van der Waals surface area contributed by atoms with E-state index < -0.39 is 0 Å². The monoisotopic (exact) mass is 269 g/mol. The van der Waals surface area contributed by atoms with Gasteiger partial charge in [0, 0.05) is 16.1 Å². The summed E-state index contributed by atoms with van der Waals surface area (Å²) in [6.07, 6.45) is 0. The molecule has 0 aliphatic carbocycles. The molecule has 0 saturated heterocycles. The van der Waals surface area contributed by atoms with Crippen LogP contribution in [0.4, 0.5) is 0 Å². The largest absolute Gasteiger partial charge is 0.296 e. The third-order valence-electron chi connectivity index (χ3n) is 2.42. The molecule has 3 heteroatoms. The molecule has 0 heterocycles. The van der Waals surface area contributed by atoms with Crippen LogP contribution in [0.25, 0.3) is 0 Å². The molecule has 0 bridgehead atoms. The third kappa shape index (κ3) is 3.76. The van der Waals surface area contributed by atoms with E-state index in [9.17, 15) is 4.79 Å². The Hall–Kier alpha value is -0.670. The van der Waals surface area contributed by atoms with Crippen molar-refractivity contribution in [2.75, 3.05) is 13.6 Å². The van der Waals surface area contributed by atoms with Crippen LogP contribution < -0.4 is 0 Å². The summed E-state index contributed by atoms with van der Waals surface area (Å²) in [6.45, 7) is 4.62. The van der Waals surface area contributed by atoms with Gasteiger partial charge in [0.25, 0.3) is 0 Å². The first kappa shape index (κ1) is 12.4. The van der Waals surface area contributed by atoms with Crippen molar-refractivity contribution in [3.8, 4) is 0 Å². The van der Waals surface area contributed by atoms with Gasteiger partial charge >= 0.3 is 0 Å². The van der Waals surface area contributed by atoms with Gasteiger partial charge in [-0.15, -0.1) is 0 Å². The van der Waals surface area contributed by atoms with E-state index >= 15 is 0 Å². The molecule has 0 radical (unpaired) electrons. The van der Waals surface area contributed by atoms with Crippen molar-refractivity contribution in [2.45, 2.75) is 19.9 Å². The predicted octanol–water partition coefficient (Wildman–Crippen LogP) is 2.97. The molecule has 2 nitrogen and oxygen atoms in total. The van der Waals surface area contributed by atoms with E-state index in [0.29, 0.717) is 12.6 Å². The minimum atomic E-state index is 0.160. The Balaban J connectivity index is 2.69. The number of carbonyl (C=O) groups is 1. The number of ketones is 1. The Labute approximate surface area is 99.4 Å². The summed E-state index contributed by atoms with van der Waals surface area (Å²) in [5, 5.41) is 0. The van der Waals surface area contributed by atoms with Crippen molar-refractivity contribution >= 4 is 21.7 Å². The molecular formula is C12H16BrNO. The molecule has 0 fully saturated rings. The third-order valence-corrected chi connectivity index (χ3v) is 2.91. The number of rotatable bonds is 4. The molecule has 0 aliphatic heterocycles. The lowest BCUT2D eigenvalue weighted by Crippen LogP contribution is -2.31. The van der Waals surface area contributed by atoms with Gasteiger partial charge in [0.2, 0.25) is 0 Å². The van der Waals surface area contributed by atoms with E-state index in [2.05, 4.69) is 29.8 Å². The Morgan fingerprint density at radius 2 is 2.13 bits per heavy atom. The van der Waals surface area contributed by atoms with Crippen molar-refractivity contribution < 1.29 is 4.79 Å². The van der Waals surface area contributed by atoms with Crippen LogP contribution >= 0.6 is 15.9 Å². The van der Waals surface area contributed by atoms with Crippen LogP contribution in [0.1, 0.15) is 24.2 Å². The first-order valence-corrected chi connectivity index (χ1v) is 5.79. The molecular weight excluding hydrogens is 254 g/mol. The zero-order valence-corrected chi connectivity index (χ0v) is 10.9. The maximum absolute atomic E-state index is 11.8. The Bertz CT molecular complexity index is 349. The van der Waals surface area contributed by atoms with Crippen molar-refractivity contribution in [1.82, 2.24) is 4.90 Å². The zero-order chi connectivity index (χ0) is 11.4. The minimum absolute atomic E-state index is 0.160. The highest BCUT2D eigenvalue weighted by Gasteiger charge is 2.11. The van der Waals surface area contributed by atoms with E-state index in [1.54, 1.807) is 0 Å². The van der Waals surface area contributed by atoms with Gasteiger partial charge in [-0.3, -0.25) is 9.69 Å².